The lowest BCUT2D eigenvalue weighted by Crippen LogP contribution is -2.62. The molecule has 0 aromatic rings. The molecule has 1 atom stereocenters. The van der Waals surface area contributed by atoms with Gasteiger partial charge in [-0.25, -0.2) is 0 Å². The smallest absolute Gasteiger partial charge is 0.304 e. The first-order chi connectivity index (χ1) is 7.72. The predicted molar refractivity (Wildman–Crippen MR) is 69.2 cm³/mol. The van der Waals surface area contributed by atoms with Crippen LogP contribution in [0.5, 0.6) is 0 Å². The van der Waals surface area contributed by atoms with E-state index in [2.05, 4.69) is 44.5 Å². The Labute approximate surface area is 105 Å². The average Bonchev–Trinajstić information content (AvgIpc) is 2.11. The van der Waals surface area contributed by atoms with Gasteiger partial charge >= 0.3 is 5.97 Å². The summed E-state index contributed by atoms with van der Waals surface area (Å²) in [6.45, 7) is 11.6. The lowest BCUT2D eigenvalue weighted by atomic mass is 9.94. The second kappa shape index (κ2) is 5.36. The number of carbonyl (C=O) groups is 1. The summed E-state index contributed by atoms with van der Waals surface area (Å²) >= 11 is 0. The van der Waals surface area contributed by atoms with Crippen molar-refractivity contribution in [3.8, 4) is 0 Å². The van der Waals surface area contributed by atoms with Crippen molar-refractivity contribution < 1.29 is 9.90 Å². The van der Waals surface area contributed by atoms with E-state index in [-0.39, 0.29) is 18.0 Å². The van der Waals surface area contributed by atoms with Gasteiger partial charge < -0.3 is 5.11 Å². The topological polar surface area (TPSA) is 43.8 Å². The summed E-state index contributed by atoms with van der Waals surface area (Å²) in [5.41, 5.74) is 0.129. The highest BCUT2D eigenvalue weighted by Crippen LogP contribution is 2.25. The molecule has 1 aliphatic heterocycles. The van der Waals surface area contributed by atoms with Crippen molar-refractivity contribution in [1.29, 1.82) is 0 Å². The molecule has 0 amide bonds. The van der Waals surface area contributed by atoms with Crippen LogP contribution in [0, 0.1) is 5.92 Å². The fourth-order valence-corrected chi connectivity index (χ4v) is 2.50. The third-order valence-electron chi connectivity index (χ3n) is 3.63. The molecule has 1 unspecified atom stereocenters. The van der Waals surface area contributed by atoms with Gasteiger partial charge in [-0.2, -0.15) is 0 Å². The molecule has 0 aromatic carbocycles. The zero-order valence-electron chi connectivity index (χ0n) is 11.7. The molecule has 0 bridgehead atoms. The van der Waals surface area contributed by atoms with E-state index in [0.29, 0.717) is 5.92 Å². The van der Waals surface area contributed by atoms with Crippen molar-refractivity contribution in [2.45, 2.75) is 45.7 Å². The Morgan fingerprint density at radius 1 is 1.47 bits per heavy atom. The highest BCUT2D eigenvalue weighted by Gasteiger charge is 2.37. The van der Waals surface area contributed by atoms with Crippen molar-refractivity contribution in [2.24, 2.45) is 5.92 Å². The summed E-state index contributed by atoms with van der Waals surface area (Å²) in [4.78, 5) is 15.5. The Morgan fingerprint density at radius 2 is 2.06 bits per heavy atom. The third-order valence-corrected chi connectivity index (χ3v) is 3.63. The molecular formula is C13H26N2O2. The maximum atomic E-state index is 10.9. The van der Waals surface area contributed by atoms with Crippen LogP contribution in [0.1, 0.15) is 34.1 Å². The molecule has 0 aliphatic carbocycles. The Kier molecular flexibility index (Phi) is 4.55. The highest BCUT2D eigenvalue weighted by atomic mass is 16.4. The SMILES string of the molecule is CC(C)CN1CC(C)(C)N(C)CC1CC(=O)O. The van der Waals surface area contributed by atoms with E-state index in [1.54, 1.807) is 0 Å². The molecule has 1 heterocycles. The van der Waals surface area contributed by atoms with Crippen LogP contribution in [0.2, 0.25) is 0 Å². The van der Waals surface area contributed by atoms with Gasteiger partial charge in [-0.05, 0) is 26.8 Å². The average molecular weight is 242 g/mol. The lowest BCUT2D eigenvalue weighted by Gasteiger charge is -2.50. The van der Waals surface area contributed by atoms with Crippen LogP contribution >= 0.6 is 0 Å². The van der Waals surface area contributed by atoms with Crippen LogP contribution in [0.15, 0.2) is 0 Å². The molecule has 17 heavy (non-hydrogen) atoms. The molecule has 0 spiro atoms. The Balaban J connectivity index is 2.75. The van der Waals surface area contributed by atoms with Gasteiger partial charge in [0.05, 0.1) is 6.42 Å². The summed E-state index contributed by atoms with van der Waals surface area (Å²) in [5, 5.41) is 8.99. The highest BCUT2D eigenvalue weighted by molar-refractivity contribution is 5.67. The van der Waals surface area contributed by atoms with Crippen LogP contribution in [0.3, 0.4) is 0 Å². The molecular weight excluding hydrogens is 216 g/mol. The van der Waals surface area contributed by atoms with Gasteiger partial charge in [0, 0.05) is 31.2 Å². The van der Waals surface area contributed by atoms with Crippen LogP contribution in [-0.2, 0) is 4.79 Å². The molecule has 0 aromatic heterocycles. The molecule has 0 radical (unpaired) electrons. The fraction of sp³-hybridized carbons (Fsp3) is 0.923. The minimum Gasteiger partial charge on any atom is -0.481 e. The van der Waals surface area contributed by atoms with E-state index < -0.39 is 5.97 Å². The molecule has 4 nitrogen and oxygen atoms in total. The molecule has 1 saturated heterocycles. The van der Waals surface area contributed by atoms with E-state index in [9.17, 15) is 4.79 Å². The molecule has 1 N–H and O–H groups in total. The number of carboxylic acid groups (broad SMARTS) is 1. The number of nitrogens with zero attached hydrogens (tertiary/aromatic N) is 2. The first-order valence-electron chi connectivity index (χ1n) is 6.39. The maximum Gasteiger partial charge on any atom is 0.304 e. The Hall–Kier alpha value is -0.610. The van der Waals surface area contributed by atoms with Crippen molar-refractivity contribution in [2.75, 3.05) is 26.7 Å². The molecule has 1 aliphatic rings. The number of hydrogen-bond donors (Lipinski definition) is 1. The third kappa shape index (κ3) is 3.96. The van der Waals surface area contributed by atoms with E-state index in [4.69, 9.17) is 5.11 Å². The molecule has 4 heteroatoms. The van der Waals surface area contributed by atoms with Gasteiger partial charge in [0.2, 0.25) is 0 Å². The van der Waals surface area contributed by atoms with Crippen LogP contribution < -0.4 is 0 Å². The predicted octanol–water partition coefficient (Wildman–Crippen LogP) is 1.51. The van der Waals surface area contributed by atoms with Crippen molar-refractivity contribution in [3.05, 3.63) is 0 Å². The van der Waals surface area contributed by atoms with E-state index in [0.717, 1.165) is 19.6 Å². The fourth-order valence-electron chi connectivity index (χ4n) is 2.50. The van der Waals surface area contributed by atoms with Gasteiger partial charge in [0.1, 0.15) is 0 Å². The van der Waals surface area contributed by atoms with E-state index >= 15 is 0 Å². The molecule has 0 saturated carbocycles. The van der Waals surface area contributed by atoms with Crippen molar-refractivity contribution >= 4 is 5.97 Å². The second-order valence-corrected chi connectivity index (χ2v) is 6.27. The number of hydrogen-bond acceptors (Lipinski definition) is 3. The van der Waals surface area contributed by atoms with Crippen molar-refractivity contribution in [1.82, 2.24) is 9.80 Å². The largest absolute Gasteiger partial charge is 0.481 e. The minimum absolute atomic E-state index is 0.129. The van der Waals surface area contributed by atoms with Crippen LogP contribution in [0.25, 0.3) is 0 Å². The Morgan fingerprint density at radius 3 is 2.53 bits per heavy atom. The Bertz CT molecular complexity index is 277. The monoisotopic (exact) mass is 242 g/mol. The van der Waals surface area contributed by atoms with Gasteiger partial charge in [-0.1, -0.05) is 13.8 Å². The normalized spacial score (nSPS) is 26.4. The first kappa shape index (κ1) is 14.5. The van der Waals surface area contributed by atoms with E-state index in [1.165, 1.54) is 0 Å². The van der Waals surface area contributed by atoms with Gasteiger partial charge in [0.25, 0.3) is 0 Å². The summed E-state index contributed by atoms with van der Waals surface area (Å²) in [6.07, 6.45) is 0.243. The summed E-state index contributed by atoms with van der Waals surface area (Å²) in [7, 11) is 2.08. The first-order valence-corrected chi connectivity index (χ1v) is 6.39. The van der Waals surface area contributed by atoms with Crippen molar-refractivity contribution in [3.63, 3.8) is 0 Å². The lowest BCUT2D eigenvalue weighted by molar-refractivity contribution is -0.140. The minimum atomic E-state index is -0.697. The van der Waals surface area contributed by atoms with Gasteiger partial charge in [-0.15, -0.1) is 0 Å². The standard InChI is InChI=1S/C13H26N2O2/c1-10(2)7-15-9-13(3,4)14(5)8-11(15)6-12(16)17/h10-11H,6-9H2,1-5H3,(H,16,17). The molecule has 1 fully saturated rings. The number of carboxylic acids is 1. The van der Waals surface area contributed by atoms with Gasteiger partial charge in [0.15, 0.2) is 0 Å². The van der Waals surface area contributed by atoms with Crippen LogP contribution in [0.4, 0.5) is 0 Å². The number of rotatable bonds is 4. The summed E-state index contributed by atoms with van der Waals surface area (Å²) in [6, 6.07) is 0.146. The van der Waals surface area contributed by atoms with E-state index in [1.807, 2.05) is 0 Å². The molecule has 1 rings (SSSR count). The molecule has 100 valence electrons. The van der Waals surface area contributed by atoms with Gasteiger partial charge in [-0.3, -0.25) is 14.6 Å². The maximum absolute atomic E-state index is 10.9. The second-order valence-electron chi connectivity index (χ2n) is 6.27. The zero-order chi connectivity index (χ0) is 13.2. The number of piperazine rings is 1. The summed E-state index contributed by atoms with van der Waals surface area (Å²) in [5.74, 6) is -0.123. The number of aliphatic carboxylic acids is 1. The number of likely N-dealkylation sites (N-methyl/N-ethyl adjacent to an activating group) is 1. The zero-order valence-corrected chi connectivity index (χ0v) is 11.7. The quantitative estimate of drug-likeness (QED) is 0.811. The van der Waals surface area contributed by atoms with Crippen LogP contribution in [-0.4, -0.2) is 59.1 Å². The summed E-state index contributed by atoms with van der Waals surface area (Å²) < 4.78 is 0.